The lowest BCUT2D eigenvalue weighted by atomic mass is 9.89. The number of hydrogen-bond acceptors (Lipinski definition) is 2. The van der Waals surface area contributed by atoms with Gasteiger partial charge in [-0.3, -0.25) is 0 Å². The van der Waals surface area contributed by atoms with Crippen molar-refractivity contribution < 1.29 is 4.74 Å². The lowest BCUT2D eigenvalue weighted by molar-refractivity contribution is 0.333. The van der Waals surface area contributed by atoms with Gasteiger partial charge in [0.2, 0.25) is 0 Å². The summed E-state index contributed by atoms with van der Waals surface area (Å²) in [7, 11) is 0. The molecule has 3 rings (SSSR count). The van der Waals surface area contributed by atoms with E-state index in [1.807, 2.05) is 6.92 Å². The second kappa shape index (κ2) is 6.70. The van der Waals surface area contributed by atoms with Gasteiger partial charge in [0.15, 0.2) is 0 Å². The van der Waals surface area contributed by atoms with Gasteiger partial charge in [0.05, 0.1) is 6.61 Å². The van der Waals surface area contributed by atoms with Gasteiger partial charge in [-0.05, 0) is 74.6 Å². The van der Waals surface area contributed by atoms with Crippen molar-refractivity contribution in [1.82, 2.24) is 5.32 Å². The molecule has 2 saturated carbocycles. The van der Waals surface area contributed by atoms with Crippen LogP contribution in [0.1, 0.15) is 51.1 Å². The van der Waals surface area contributed by atoms with Crippen molar-refractivity contribution in [3.8, 4) is 5.75 Å². The van der Waals surface area contributed by atoms with E-state index in [0.717, 1.165) is 36.7 Å². The Labute approximate surface area is 136 Å². The van der Waals surface area contributed by atoms with Crippen molar-refractivity contribution >= 4 is 15.9 Å². The molecular weight excluding hydrogens is 326 g/mol. The molecule has 0 aromatic heterocycles. The Bertz CT molecular complexity index is 480. The van der Waals surface area contributed by atoms with Gasteiger partial charge < -0.3 is 10.1 Å². The Hall–Kier alpha value is -0.540. The van der Waals surface area contributed by atoms with Crippen molar-refractivity contribution in [2.24, 2.45) is 17.8 Å². The zero-order valence-electron chi connectivity index (χ0n) is 13.1. The molecule has 2 aliphatic carbocycles. The van der Waals surface area contributed by atoms with Gasteiger partial charge in [0.25, 0.3) is 0 Å². The van der Waals surface area contributed by atoms with Gasteiger partial charge in [-0.2, -0.15) is 0 Å². The molecule has 2 nitrogen and oxygen atoms in total. The number of benzene rings is 1. The summed E-state index contributed by atoms with van der Waals surface area (Å²) in [5, 5.41) is 3.79. The van der Waals surface area contributed by atoms with Crippen LogP contribution in [-0.2, 0) is 0 Å². The maximum absolute atomic E-state index is 5.60. The Kier molecular flexibility index (Phi) is 4.90. The Morgan fingerprint density at radius 1 is 1.24 bits per heavy atom. The van der Waals surface area contributed by atoms with Crippen molar-refractivity contribution in [3.05, 3.63) is 28.2 Å². The Morgan fingerprint density at radius 3 is 2.62 bits per heavy atom. The highest BCUT2D eigenvalue weighted by Crippen LogP contribution is 2.57. The molecule has 3 atom stereocenters. The van der Waals surface area contributed by atoms with Crippen LogP contribution in [0.3, 0.4) is 0 Å². The Balaban J connectivity index is 1.78. The highest BCUT2D eigenvalue weighted by atomic mass is 79.9. The molecule has 0 saturated heterocycles. The molecule has 1 N–H and O–H groups in total. The van der Waals surface area contributed by atoms with E-state index in [4.69, 9.17) is 4.74 Å². The molecule has 0 amide bonds. The van der Waals surface area contributed by atoms with Crippen molar-refractivity contribution in [2.75, 3.05) is 13.2 Å². The van der Waals surface area contributed by atoms with E-state index >= 15 is 0 Å². The minimum absolute atomic E-state index is 0.489. The van der Waals surface area contributed by atoms with E-state index in [9.17, 15) is 0 Å². The van der Waals surface area contributed by atoms with Crippen LogP contribution < -0.4 is 10.1 Å². The standard InChI is InChI=1S/C18H26BrNO/c1-3-7-20-18(14-9-12-8-13(12)10-14)16-6-5-15(21-4-2)11-17(16)19/h5-6,11-14,18,20H,3-4,7-10H2,1-2H3. The smallest absolute Gasteiger partial charge is 0.120 e. The zero-order chi connectivity index (χ0) is 14.8. The molecule has 1 aromatic rings. The summed E-state index contributed by atoms with van der Waals surface area (Å²) in [5.74, 6) is 3.82. The molecule has 3 heteroatoms. The van der Waals surface area contributed by atoms with Crippen LogP contribution in [0, 0.1) is 17.8 Å². The first-order valence-electron chi connectivity index (χ1n) is 8.38. The van der Waals surface area contributed by atoms with Crippen molar-refractivity contribution in [1.29, 1.82) is 0 Å². The molecule has 21 heavy (non-hydrogen) atoms. The van der Waals surface area contributed by atoms with Crippen LogP contribution in [0.2, 0.25) is 0 Å². The maximum atomic E-state index is 5.60. The fourth-order valence-corrected chi connectivity index (χ4v) is 4.49. The predicted octanol–water partition coefficient (Wildman–Crippen LogP) is 4.93. The molecule has 0 bridgehead atoms. The second-order valence-electron chi connectivity index (χ2n) is 6.54. The molecule has 2 aliphatic rings. The molecule has 0 spiro atoms. The van der Waals surface area contributed by atoms with E-state index in [1.165, 1.54) is 35.7 Å². The average molecular weight is 352 g/mol. The van der Waals surface area contributed by atoms with Crippen LogP contribution in [0.15, 0.2) is 22.7 Å². The van der Waals surface area contributed by atoms with Crippen LogP contribution >= 0.6 is 15.9 Å². The third-order valence-corrected chi connectivity index (χ3v) is 5.67. The third kappa shape index (κ3) is 3.45. The van der Waals surface area contributed by atoms with E-state index < -0.39 is 0 Å². The van der Waals surface area contributed by atoms with E-state index in [2.05, 4.69) is 46.4 Å². The summed E-state index contributed by atoms with van der Waals surface area (Å²) in [4.78, 5) is 0. The van der Waals surface area contributed by atoms with Gasteiger partial charge >= 0.3 is 0 Å². The van der Waals surface area contributed by atoms with Crippen molar-refractivity contribution in [2.45, 2.75) is 45.6 Å². The first-order chi connectivity index (χ1) is 10.2. The van der Waals surface area contributed by atoms with Gasteiger partial charge in [0, 0.05) is 10.5 Å². The molecule has 116 valence electrons. The second-order valence-corrected chi connectivity index (χ2v) is 7.39. The highest BCUT2D eigenvalue weighted by Gasteiger charge is 2.48. The monoisotopic (exact) mass is 351 g/mol. The minimum Gasteiger partial charge on any atom is -0.494 e. The maximum Gasteiger partial charge on any atom is 0.120 e. The molecular formula is C18H26BrNO. The molecule has 1 aromatic carbocycles. The summed E-state index contributed by atoms with van der Waals surface area (Å²) in [6.07, 6.45) is 5.49. The van der Waals surface area contributed by atoms with Gasteiger partial charge in [0.1, 0.15) is 5.75 Å². The summed E-state index contributed by atoms with van der Waals surface area (Å²) < 4.78 is 6.78. The van der Waals surface area contributed by atoms with Gasteiger partial charge in [-0.25, -0.2) is 0 Å². The van der Waals surface area contributed by atoms with Crippen molar-refractivity contribution in [3.63, 3.8) is 0 Å². The summed E-state index contributed by atoms with van der Waals surface area (Å²) in [6, 6.07) is 6.96. The highest BCUT2D eigenvalue weighted by molar-refractivity contribution is 9.10. The summed E-state index contributed by atoms with van der Waals surface area (Å²) >= 11 is 3.76. The van der Waals surface area contributed by atoms with Gasteiger partial charge in [-0.1, -0.05) is 28.9 Å². The molecule has 0 aliphatic heterocycles. The normalized spacial score (nSPS) is 28.2. The predicted molar refractivity (Wildman–Crippen MR) is 90.7 cm³/mol. The zero-order valence-corrected chi connectivity index (χ0v) is 14.7. The number of hydrogen-bond donors (Lipinski definition) is 1. The third-order valence-electron chi connectivity index (χ3n) is 4.98. The van der Waals surface area contributed by atoms with Crippen LogP contribution in [-0.4, -0.2) is 13.2 Å². The topological polar surface area (TPSA) is 21.3 Å². The number of ether oxygens (including phenoxy) is 1. The lowest BCUT2D eigenvalue weighted by Crippen LogP contribution is -2.28. The molecule has 2 fully saturated rings. The van der Waals surface area contributed by atoms with Crippen LogP contribution in [0.4, 0.5) is 0 Å². The molecule has 3 unspecified atom stereocenters. The van der Waals surface area contributed by atoms with E-state index in [0.29, 0.717) is 6.04 Å². The first-order valence-corrected chi connectivity index (χ1v) is 9.17. The number of halogens is 1. The van der Waals surface area contributed by atoms with E-state index in [1.54, 1.807) is 0 Å². The number of rotatable bonds is 7. The fraction of sp³-hybridized carbons (Fsp3) is 0.667. The lowest BCUT2D eigenvalue weighted by Gasteiger charge is -2.27. The van der Waals surface area contributed by atoms with Gasteiger partial charge in [-0.15, -0.1) is 0 Å². The van der Waals surface area contributed by atoms with E-state index in [-0.39, 0.29) is 0 Å². The van der Waals surface area contributed by atoms with Crippen LogP contribution in [0.25, 0.3) is 0 Å². The summed E-state index contributed by atoms with van der Waals surface area (Å²) in [6.45, 7) is 6.08. The summed E-state index contributed by atoms with van der Waals surface area (Å²) in [5.41, 5.74) is 1.40. The average Bonchev–Trinajstić information content (AvgIpc) is 3.08. The fourth-order valence-electron chi connectivity index (χ4n) is 3.88. The number of fused-ring (bicyclic) bond motifs is 1. The molecule has 0 radical (unpaired) electrons. The largest absolute Gasteiger partial charge is 0.494 e. The minimum atomic E-state index is 0.489. The molecule has 0 heterocycles. The SMILES string of the molecule is CCCNC(c1ccc(OCC)cc1Br)C1CC2CC2C1. The van der Waals surface area contributed by atoms with Crippen LogP contribution in [0.5, 0.6) is 5.75 Å². The number of nitrogens with one attached hydrogen (secondary N) is 1. The Morgan fingerprint density at radius 2 is 2.00 bits per heavy atom. The first kappa shape index (κ1) is 15.4. The quantitative estimate of drug-likeness (QED) is 0.751.